The Morgan fingerprint density at radius 1 is 0.877 bits per heavy atom. The SMILES string of the molecule is COc1ccc(COO/C=N\CCCN(CCCCNC(=O)OCc2ccc(OC)cc2)CCCOc2ccc3sc(S(=O)(=O)NCP(=O)(O)Oc4ccc(C#N)c(F)c4)cc3c2)cc1. The van der Waals surface area contributed by atoms with Crippen molar-refractivity contribution >= 4 is 51.5 Å². The average molecular weight is 956 g/mol. The maximum atomic E-state index is 13.9. The van der Waals surface area contributed by atoms with Gasteiger partial charge in [-0.05, 0) is 116 Å². The number of benzene rings is 4. The highest BCUT2D eigenvalue weighted by Crippen LogP contribution is 2.42. The van der Waals surface area contributed by atoms with Gasteiger partial charge in [-0.2, -0.15) is 14.9 Å². The summed E-state index contributed by atoms with van der Waals surface area (Å²) in [5.41, 5.74) is 1.49. The lowest BCUT2D eigenvalue weighted by molar-refractivity contribution is -0.227. The molecule has 0 aliphatic rings. The Hall–Kier alpha value is -5.78. The number of fused-ring (bicyclic) bond motifs is 1. The Bertz CT molecular complexity index is 2520. The van der Waals surface area contributed by atoms with Crippen LogP contribution in [0, 0.1) is 17.1 Å². The number of aliphatic imine (C=N–C) groups is 1. The summed E-state index contributed by atoms with van der Waals surface area (Å²) in [4.78, 5) is 39.4. The van der Waals surface area contributed by atoms with E-state index in [0.717, 1.165) is 91.1 Å². The fraction of sp³-hybridized carbons (Fsp3) is 0.341. The smallest absolute Gasteiger partial charge is 0.407 e. The van der Waals surface area contributed by atoms with Crippen LogP contribution in [0.5, 0.6) is 23.0 Å². The second-order valence-corrected chi connectivity index (χ2v) is 19.1. The number of ether oxygens (including phenoxy) is 4. The van der Waals surface area contributed by atoms with Crippen LogP contribution in [0.1, 0.15) is 42.4 Å². The number of alkyl carbamates (subject to hydrolysis) is 1. The average Bonchev–Trinajstić information content (AvgIpc) is 3.75. The van der Waals surface area contributed by atoms with Crippen molar-refractivity contribution in [3.63, 3.8) is 0 Å². The van der Waals surface area contributed by atoms with E-state index in [1.807, 2.05) is 36.4 Å². The van der Waals surface area contributed by atoms with Crippen molar-refractivity contribution in [2.24, 2.45) is 4.99 Å². The highest BCUT2D eigenvalue weighted by molar-refractivity contribution is 7.92. The van der Waals surface area contributed by atoms with Crippen molar-refractivity contribution in [3.8, 4) is 29.1 Å². The molecule has 1 atom stereocenters. The molecule has 4 aromatic carbocycles. The molecule has 0 spiro atoms. The van der Waals surface area contributed by atoms with Gasteiger partial charge in [0, 0.05) is 30.4 Å². The van der Waals surface area contributed by atoms with Crippen LogP contribution in [0.2, 0.25) is 0 Å². The van der Waals surface area contributed by atoms with Crippen LogP contribution < -0.4 is 28.8 Å². The van der Waals surface area contributed by atoms with Crippen molar-refractivity contribution in [3.05, 3.63) is 114 Å². The van der Waals surface area contributed by atoms with Gasteiger partial charge in [-0.1, -0.05) is 24.3 Å². The summed E-state index contributed by atoms with van der Waals surface area (Å²) < 4.78 is 82.0. The number of halogens is 1. The van der Waals surface area contributed by atoms with Crippen LogP contribution in [-0.2, 0) is 42.3 Å². The van der Waals surface area contributed by atoms with E-state index in [9.17, 15) is 27.1 Å². The van der Waals surface area contributed by atoms with Crippen LogP contribution in [0.25, 0.3) is 10.1 Å². The predicted octanol–water partition coefficient (Wildman–Crippen LogP) is 7.77. The predicted molar refractivity (Wildman–Crippen MR) is 242 cm³/mol. The molecule has 0 fully saturated rings. The van der Waals surface area contributed by atoms with Gasteiger partial charge in [-0.15, -0.1) is 11.3 Å². The Morgan fingerprint density at radius 2 is 1.54 bits per heavy atom. The molecule has 0 bridgehead atoms. The van der Waals surface area contributed by atoms with E-state index in [1.54, 1.807) is 50.6 Å². The fourth-order valence-electron chi connectivity index (χ4n) is 6.01. The Labute approximate surface area is 381 Å². The lowest BCUT2D eigenvalue weighted by Gasteiger charge is -2.22. The zero-order valence-corrected chi connectivity index (χ0v) is 38.4. The Kier molecular flexibility index (Phi) is 19.8. The van der Waals surface area contributed by atoms with Crippen LogP contribution in [0.15, 0.2) is 100 Å². The van der Waals surface area contributed by atoms with Crippen molar-refractivity contribution < 1.29 is 60.3 Å². The Balaban J connectivity index is 1.06. The zero-order chi connectivity index (χ0) is 46.5. The number of methoxy groups -OCH3 is 2. The third kappa shape index (κ3) is 17.3. The molecule has 0 aliphatic heterocycles. The summed E-state index contributed by atoms with van der Waals surface area (Å²) in [7, 11) is -5.63. The quantitative estimate of drug-likeness (QED) is 0.0109. The highest BCUT2D eigenvalue weighted by atomic mass is 32.2. The molecule has 348 valence electrons. The van der Waals surface area contributed by atoms with Gasteiger partial charge in [0.05, 0.1) is 26.4 Å². The first-order valence-electron chi connectivity index (χ1n) is 20.4. The molecule has 0 saturated carbocycles. The summed E-state index contributed by atoms with van der Waals surface area (Å²) in [5.74, 6) is 0.731. The van der Waals surface area contributed by atoms with Gasteiger partial charge < -0.3 is 43.5 Å². The number of hydrogen-bond donors (Lipinski definition) is 3. The summed E-state index contributed by atoms with van der Waals surface area (Å²) in [5, 5.41) is 12.3. The van der Waals surface area contributed by atoms with Gasteiger partial charge in [-0.25, -0.2) is 22.2 Å². The molecular formula is C44H51FN5O12PS2. The van der Waals surface area contributed by atoms with Crippen LogP contribution in [-0.4, -0.2) is 90.5 Å². The molecule has 5 rings (SSSR count). The van der Waals surface area contributed by atoms with Gasteiger partial charge in [0.15, 0.2) is 0 Å². The molecule has 3 N–H and O–H groups in total. The topological polar surface area (TPSA) is 217 Å². The van der Waals surface area contributed by atoms with E-state index in [4.69, 9.17) is 38.5 Å². The summed E-state index contributed by atoms with van der Waals surface area (Å²) in [6.45, 7) is 4.00. The first kappa shape index (κ1) is 50.2. The molecule has 5 aromatic rings. The van der Waals surface area contributed by atoms with Crippen LogP contribution >= 0.6 is 18.9 Å². The third-order valence-corrected chi connectivity index (χ3v) is 13.7. The van der Waals surface area contributed by atoms with Gasteiger partial charge >= 0.3 is 13.7 Å². The molecule has 1 amide bonds. The van der Waals surface area contributed by atoms with E-state index in [2.05, 4.69) is 19.9 Å². The minimum absolute atomic E-state index is 0.0951. The highest BCUT2D eigenvalue weighted by Gasteiger charge is 2.27. The Morgan fingerprint density at radius 3 is 2.23 bits per heavy atom. The largest absolute Gasteiger partial charge is 0.497 e. The molecule has 1 aromatic heterocycles. The number of carbonyl (C=O) groups excluding carboxylic acids is 1. The van der Waals surface area contributed by atoms with Gasteiger partial charge in [0.1, 0.15) is 58.6 Å². The van der Waals surface area contributed by atoms with Gasteiger partial charge in [0.2, 0.25) is 6.40 Å². The molecule has 1 unspecified atom stereocenters. The van der Waals surface area contributed by atoms with Gasteiger partial charge in [0.25, 0.3) is 10.0 Å². The molecule has 0 radical (unpaired) electrons. The van der Waals surface area contributed by atoms with Crippen LogP contribution in [0.3, 0.4) is 0 Å². The summed E-state index contributed by atoms with van der Waals surface area (Å²) in [6.07, 6.45) is 2.82. The number of amides is 1. The minimum atomic E-state index is -4.59. The number of carbonyl (C=O) groups is 1. The van der Waals surface area contributed by atoms with Crippen molar-refractivity contribution in [1.82, 2.24) is 14.9 Å². The van der Waals surface area contributed by atoms with E-state index >= 15 is 0 Å². The van der Waals surface area contributed by atoms with E-state index in [1.165, 1.54) is 12.5 Å². The number of rotatable bonds is 28. The molecule has 0 saturated heterocycles. The second kappa shape index (κ2) is 25.6. The normalized spacial score (nSPS) is 12.4. The number of nitrogens with one attached hydrogen (secondary N) is 2. The minimum Gasteiger partial charge on any atom is -0.497 e. The molecule has 1 heterocycles. The molecule has 17 nitrogen and oxygen atoms in total. The molecular weight excluding hydrogens is 905 g/mol. The number of sulfonamides is 1. The first-order chi connectivity index (χ1) is 31.4. The monoisotopic (exact) mass is 955 g/mol. The molecule has 21 heteroatoms. The van der Waals surface area contributed by atoms with Gasteiger partial charge in [-0.3, -0.25) is 4.99 Å². The second-order valence-electron chi connectivity index (χ2n) is 14.2. The summed E-state index contributed by atoms with van der Waals surface area (Å²) in [6, 6.07) is 26.0. The number of unbranched alkanes of at least 4 members (excludes halogenated alkanes) is 1. The van der Waals surface area contributed by atoms with E-state index in [0.29, 0.717) is 42.0 Å². The number of nitriles is 1. The fourth-order valence-corrected chi connectivity index (χ4v) is 9.93. The maximum absolute atomic E-state index is 13.9. The first-order valence-corrected chi connectivity index (χ1v) is 24.4. The number of nitrogens with zero attached hydrogens (tertiary/aromatic N) is 3. The number of thiophene rings is 1. The van der Waals surface area contributed by atoms with E-state index in [-0.39, 0.29) is 28.7 Å². The lowest BCUT2D eigenvalue weighted by atomic mass is 10.2. The summed E-state index contributed by atoms with van der Waals surface area (Å²) >= 11 is 0.968. The zero-order valence-electron chi connectivity index (χ0n) is 35.9. The van der Waals surface area contributed by atoms with Crippen molar-refractivity contribution in [1.29, 1.82) is 5.26 Å². The number of hydrogen-bond acceptors (Lipinski definition) is 15. The maximum Gasteiger partial charge on any atom is 0.407 e. The van der Waals surface area contributed by atoms with E-state index < -0.39 is 35.8 Å². The van der Waals surface area contributed by atoms with Crippen molar-refractivity contribution in [2.75, 3.05) is 59.8 Å². The third-order valence-electron chi connectivity index (χ3n) is 9.41. The lowest BCUT2D eigenvalue weighted by Crippen LogP contribution is -2.30. The molecule has 65 heavy (non-hydrogen) atoms. The molecule has 0 aliphatic carbocycles. The van der Waals surface area contributed by atoms with Crippen molar-refractivity contribution in [2.45, 2.75) is 43.1 Å². The standard InChI is InChI=1S/C44H51FN5O12PS2/c1-56-37-12-7-33(8-13-37)29-59-44(51)48-20-3-4-21-50(22-5-19-47-31-61-60-30-34-9-14-38(57-2)15-10-34)23-6-24-58-39-17-18-42-36(25-39)26-43(64-42)65(54,55)49-32-63(52,53)62-40-16-11-35(28-46)41(45)27-40/h7-18,25-27,31,49H,3-6,19-24,29-30,32H2,1-2H3,(H,48,51)(H,52,53)/b47-31-. The van der Waals surface area contributed by atoms with Crippen LogP contribution in [0.4, 0.5) is 9.18 Å².